The molecular formula is C25H20F3N3O. The number of fused-ring (bicyclic) bond motifs is 2. The lowest BCUT2D eigenvalue weighted by Gasteiger charge is -2.23. The highest BCUT2D eigenvalue weighted by Gasteiger charge is 2.36. The number of carbonyl (C=O) groups is 1. The zero-order chi connectivity index (χ0) is 22.5. The van der Waals surface area contributed by atoms with Crippen LogP contribution in [-0.4, -0.2) is 12.1 Å². The quantitative estimate of drug-likeness (QED) is 0.515. The first-order valence-electron chi connectivity index (χ1n) is 10.3. The molecule has 0 radical (unpaired) electrons. The zero-order valence-corrected chi connectivity index (χ0v) is 17.3. The van der Waals surface area contributed by atoms with E-state index >= 15 is 0 Å². The SMILES string of the molecule is Cc1cccc2c1C(C=Nc1ccc(N3Cc4ccccc4C3)c(C(F)(F)F)c1)C(=O)N2. The van der Waals surface area contributed by atoms with Gasteiger partial charge >= 0.3 is 6.18 Å². The van der Waals surface area contributed by atoms with Gasteiger partial charge in [-0.05, 0) is 53.4 Å². The monoisotopic (exact) mass is 435 g/mol. The Hall–Kier alpha value is -3.61. The molecule has 162 valence electrons. The van der Waals surface area contributed by atoms with Gasteiger partial charge in [0.05, 0.1) is 11.3 Å². The van der Waals surface area contributed by atoms with Crippen molar-refractivity contribution >= 4 is 29.2 Å². The third-order valence-electron chi connectivity index (χ3n) is 6.02. The number of hydrogen-bond donors (Lipinski definition) is 1. The van der Waals surface area contributed by atoms with E-state index in [1.807, 2.05) is 43.3 Å². The van der Waals surface area contributed by atoms with Crippen molar-refractivity contribution in [1.29, 1.82) is 0 Å². The normalized spacial score (nSPS) is 17.6. The predicted molar refractivity (Wildman–Crippen MR) is 118 cm³/mol. The number of carbonyl (C=O) groups excluding carboxylic acids is 1. The molecule has 0 aromatic heterocycles. The molecule has 1 unspecified atom stereocenters. The molecule has 2 heterocycles. The number of amides is 1. The van der Waals surface area contributed by atoms with Crippen molar-refractivity contribution < 1.29 is 18.0 Å². The molecule has 0 bridgehead atoms. The lowest BCUT2D eigenvalue weighted by Crippen LogP contribution is -2.19. The smallest absolute Gasteiger partial charge is 0.362 e. The van der Waals surface area contributed by atoms with Crippen molar-refractivity contribution in [3.8, 4) is 0 Å². The number of benzene rings is 3. The number of hydrogen-bond acceptors (Lipinski definition) is 3. The van der Waals surface area contributed by atoms with E-state index in [0.717, 1.165) is 28.3 Å². The van der Waals surface area contributed by atoms with Gasteiger partial charge in [0.2, 0.25) is 5.91 Å². The molecule has 4 nitrogen and oxygen atoms in total. The van der Waals surface area contributed by atoms with Crippen molar-refractivity contribution in [2.75, 3.05) is 10.2 Å². The van der Waals surface area contributed by atoms with Crippen LogP contribution in [0.3, 0.4) is 0 Å². The number of rotatable bonds is 3. The van der Waals surface area contributed by atoms with Crippen LogP contribution in [0.25, 0.3) is 0 Å². The third kappa shape index (κ3) is 3.53. The number of aryl methyl sites for hydroxylation is 1. The summed E-state index contributed by atoms with van der Waals surface area (Å²) in [5.74, 6) is -0.867. The predicted octanol–water partition coefficient (Wildman–Crippen LogP) is 5.97. The van der Waals surface area contributed by atoms with Gasteiger partial charge in [-0.25, -0.2) is 0 Å². The average molecular weight is 435 g/mol. The summed E-state index contributed by atoms with van der Waals surface area (Å²) in [5.41, 5.74) is 4.08. The molecule has 32 heavy (non-hydrogen) atoms. The van der Waals surface area contributed by atoms with Crippen LogP contribution in [-0.2, 0) is 24.1 Å². The van der Waals surface area contributed by atoms with E-state index in [1.165, 1.54) is 12.3 Å². The summed E-state index contributed by atoms with van der Waals surface area (Å²) in [5, 5.41) is 2.80. The topological polar surface area (TPSA) is 44.7 Å². The van der Waals surface area contributed by atoms with Crippen molar-refractivity contribution in [3.63, 3.8) is 0 Å². The van der Waals surface area contributed by atoms with Gasteiger partial charge in [0.25, 0.3) is 0 Å². The van der Waals surface area contributed by atoms with Gasteiger partial charge in [-0.15, -0.1) is 0 Å². The van der Waals surface area contributed by atoms with Gasteiger partial charge in [-0.1, -0.05) is 36.4 Å². The van der Waals surface area contributed by atoms with Crippen LogP contribution in [0.4, 0.5) is 30.2 Å². The molecule has 5 rings (SSSR count). The highest BCUT2D eigenvalue weighted by Crippen LogP contribution is 2.41. The lowest BCUT2D eigenvalue weighted by molar-refractivity contribution is -0.137. The van der Waals surface area contributed by atoms with E-state index in [1.54, 1.807) is 17.0 Å². The van der Waals surface area contributed by atoms with Gasteiger partial charge in [-0.2, -0.15) is 13.2 Å². The highest BCUT2D eigenvalue weighted by atomic mass is 19.4. The van der Waals surface area contributed by atoms with E-state index in [-0.39, 0.29) is 17.3 Å². The number of nitrogens with zero attached hydrogens (tertiary/aromatic N) is 2. The van der Waals surface area contributed by atoms with Gasteiger partial charge < -0.3 is 10.2 Å². The number of halogens is 3. The van der Waals surface area contributed by atoms with Gasteiger partial charge in [0, 0.05) is 30.7 Å². The minimum Gasteiger partial charge on any atom is -0.362 e. The second-order valence-electron chi connectivity index (χ2n) is 8.11. The highest BCUT2D eigenvalue weighted by molar-refractivity contribution is 6.13. The fourth-order valence-electron chi connectivity index (χ4n) is 4.46. The second kappa shape index (κ2) is 7.51. The molecular weight excluding hydrogens is 415 g/mol. The van der Waals surface area contributed by atoms with Crippen LogP contribution in [0.15, 0.2) is 65.7 Å². The summed E-state index contributed by atoms with van der Waals surface area (Å²) < 4.78 is 41.8. The maximum atomic E-state index is 13.9. The van der Waals surface area contributed by atoms with E-state index in [0.29, 0.717) is 18.8 Å². The Bertz CT molecular complexity index is 1220. The number of nitrogens with one attached hydrogen (secondary N) is 1. The summed E-state index contributed by atoms with van der Waals surface area (Å²) in [7, 11) is 0. The average Bonchev–Trinajstić information content (AvgIpc) is 3.32. The zero-order valence-electron chi connectivity index (χ0n) is 17.3. The molecule has 3 aromatic carbocycles. The molecule has 2 aliphatic rings. The Morgan fingerprint density at radius 1 is 1.03 bits per heavy atom. The van der Waals surface area contributed by atoms with Gasteiger partial charge in [-0.3, -0.25) is 9.79 Å². The number of aliphatic imine (C=N–C) groups is 1. The maximum Gasteiger partial charge on any atom is 0.418 e. The molecule has 1 atom stereocenters. The van der Waals surface area contributed by atoms with Crippen LogP contribution < -0.4 is 10.2 Å². The Morgan fingerprint density at radius 3 is 2.44 bits per heavy atom. The molecule has 0 saturated heterocycles. The number of alkyl halides is 3. The minimum atomic E-state index is -4.52. The van der Waals surface area contributed by atoms with Crippen LogP contribution in [0.1, 0.15) is 33.7 Å². The van der Waals surface area contributed by atoms with E-state index < -0.39 is 17.7 Å². The Balaban J connectivity index is 1.46. The number of anilines is 2. The Kier molecular flexibility index (Phi) is 4.77. The Morgan fingerprint density at radius 2 is 1.75 bits per heavy atom. The third-order valence-corrected chi connectivity index (χ3v) is 6.02. The lowest BCUT2D eigenvalue weighted by atomic mass is 9.97. The minimum absolute atomic E-state index is 0.132. The first-order valence-corrected chi connectivity index (χ1v) is 10.3. The van der Waals surface area contributed by atoms with Crippen molar-refractivity contribution in [2.45, 2.75) is 32.1 Å². The van der Waals surface area contributed by atoms with Gasteiger partial charge in [0.1, 0.15) is 5.92 Å². The molecule has 0 spiro atoms. The van der Waals surface area contributed by atoms with E-state index in [4.69, 9.17) is 0 Å². The summed E-state index contributed by atoms with van der Waals surface area (Å²) in [6.45, 7) is 2.75. The molecule has 0 saturated carbocycles. The van der Waals surface area contributed by atoms with Crippen LogP contribution >= 0.6 is 0 Å². The van der Waals surface area contributed by atoms with Crippen molar-refractivity contribution in [1.82, 2.24) is 0 Å². The molecule has 0 aliphatic carbocycles. The molecule has 2 aliphatic heterocycles. The maximum absolute atomic E-state index is 13.9. The van der Waals surface area contributed by atoms with Gasteiger partial charge in [0.15, 0.2) is 0 Å². The molecule has 3 aromatic rings. The van der Waals surface area contributed by atoms with Crippen LogP contribution in [0, 0.1) is 6.92 Å². The fraction of sp³-hybridized carbons (Fsp3) is 0.200. The van der Waals surface area contributed by atoms with Crippen molar-refractivity contribution in [3.05, 3.63) is 88.5 Å². The van der Waals surface area contributed by atoms with Crippen LogP contribution in [0.2, 0.25) is 0 Å². The van der Waals surface area contributed by atoms with E-state index in [2.05, 4.69) is 10.3 Å². The molecule has 7 heteroatoms. The molecule has 0 fully saturated rings. The summed E-state index contributed by atoms with van der Waals surface area (Å²) in [4.78, 5) is 18.4. The standard InChI is InChI=1S/C25H20F3N3O/c1-15-5-4-8-21-23(15)19(24(32)30-21)12-29-18-9-10-22(20(11-18)25(26,27)28)31-13-16-6-2-3-7-17(16)14-31/h2-12,19H,13-14H2,1H3,(H,30,32). The first kappa shape index (κ1) is 20.3. The summed E-state index contributed by atoms with van der Waals surface area (Å²) in [6.07, 6.45) is -3.10. The molecule has 1 amide bonds. The largest absolute Gasteiger partial charge is 0.418 e. The van der Waals surface area contributed by atoms with Crippen molar-refractivity contribution in [2.24, 2.45) is 4.99 Å². The Labute approximate surface area is 183 Å². The summed E-state index contributed by atoms with van der Waals surface area (Å²) >= 11 is 0. The van der Waals surface area contributed by atoms with E-state index in [9.17, 15) is 18.0 Å². The fourth-order valence-corrected chi connectivity index (χ4v) is 4.46. The second-order valence-corrected chi connectivity index (χ2v) is 8.11. The van der Waals surface area contributed by atoms with Crippen LogP contribution in [0.5, 0.6) is 0 Å². The summed E-state index contributed by atoms with van der Waals surface area (Å²) in [6, 6.07) is 17.3. The first-order chi connectivity index (χ1) is 15.3. The molecule has 1 N–H and O–H groups in total.